The second-order valence-electron chi connectivity index (χ2n) is 4.43. The van der Waals surface area contributed by atoms with Crippen LogP contribution >= 0.6 is 11.8 Å². The summed E-state index contributed by atoms with van der Waals surface area (Å²) in [6, 6.07) is 10.8. The second kappa shape index (κ2) is 5.93. The number of H-pyrrole nitrogens is 1. The number of rotatable bonds is 4. The number of imidazole rings is 1. The van der Waals surface area contributed by atoms with Crippen LogP contribution in [0.25, 0.3) is 0 Å². The molecule has 2 N–H and O–H groups in total. The molecule has 1 aromatic heterocycles. The largest absolute Gasteiger partial charge is 0.356 e. The van der Waals surface area contributed by atoms with Gasteiger partial charge in [0.05, 0.1) is 18.9 Å². The van der Waals surface area contributed by atoms with E-state index in [2.05, 4.69) is 44.5 Å². The van der Waals surface area contributed by atoms with Gasteiger partial charge in [-0.1, -0.05) is 42.1 Å². The molecular formula is C14H16N4S. The number of amidine groups is 1. The van der Waals surface area contributed by atoms with E-state index >= 15 is 0 Å². The van der Waals surface area contributed by atoms with E-state index in [-0.39, 0.29) is 0 Å². The number of benzene rings is 1. The highest BCUT2D eigenvalue weighted by molar-refractivity contribution is 8.13. The summed E-state index contributed by atoms with van der Waals surface area (Å²) < 4.78 is 0. The quantitative estimate of drug-likeness (QED) is 0.898. The molecule has 19 heavy (non-hydrogen) atoms. The summed E-state index contributed by atoms with van der Waals surface area (Å²) in [5.74, 6) is 1.01. The highest BCUT2D eigenvalue weighted by atomic mass is 32.2. The lowest BCUT2D eigenvalue weighted by Crippen LogP contribution is -2.21. The van der Waals surface area contributed by atoms with Crippen LogP contribution in [0.4, 0.5) is 0 Å². The Labute approximate surface area is 116 Å². The fraction of sp³-hybridized carbons (Fsp3) is 0.286. The number of aromatic amines is 1. The van der Waals surface area contributed by atoms with Crippen molar-refractivity contribution in [2.45, 2.75) is 12.5 Å². The summed E-state index contributed by atoms with van der Waals surface area (Å²) in [6.45, 7) is 0.830. The van der Waals surface area contributed by atoms with Crippen molar-refractivity contribution in [3.63, 3.8) is 0 Å². The van der Waals surface area contributed by atoms with Gasteiger partial charge in [-0.2, -0.15) is 0 Å². The lowest BCUT2D eigenvalue weighted by atomic mass is 10.1. The molecule has 0 bridgehead atoms. The van der Waals surface area contributed by atoms with E-state index in [1.165, 1.54) is 11.3 Å². The van der Waals surface area contributed by atoms with Crippen LogP contribution in [0, 0.1) is 0 Å². The predicted molar refractivity (Wildman–Crippen MR) is 79.4 cm³/mol. The number of nitrogens with one attached hydrogen (secondary N) is 2. The highest BCUT2D eigenvalue weighted by Gasteiger charge is 2.18. The number of aryl methyl sites for hydroxylation is 1. The van der Waals surface area contributed by atoms with Gasteiger partial charge in [-0.15, -0.1) is 0 Å². The summed E-state index contributed by atoms with van der Waals surface area (Å²) in [5, 5.41) is 4.52. The first-order valence-electron chi connectivity index (χ1n) is 6.38. The zero-order valence-electron chi connectivity index (χ0n) is 10.5. The average molecular weight is 272 g/mol. The van der Waals surface area contributed by atoms with Crippen LogP contribution in [0.5, 0.6) is 0 Å². The molecule has 1 aliphatic rings. The summed E-state index contributed by atoms with van der Waals surface area (Å²) in [5.41, 5.74) is 2.47. The van der Waals surface area contributed by atoms with Gasteiger partial charge in [0, 0.05) is 17.6 Å². The molecule has 5 heteroatoms. The maximum absolute atomic E-state index is 4.56. The van der Waals surface area contributed by atoms with Crippen molar-refractivity contribution < 1.29 is 0 Å². The molecule has 4 nitrogen and oxygen atoms in total. The van der Waals surface area contributed by atoms with Gasteiger partial charge >= 0.3 is 0 Å². The average Bonchev–Trinajstić information content (AvgIpc) is 3.11. The van der Waals surface area contributed by atoms with E-state index in [0.717, 1.165) is 23.9 Å². The molecule has 0 amide bonds. The molecule has 1 atom stereocenters. The normalized spacial score (nSPS) is 18.1. The molecule has 98 valence electrons. The van der Waals surface area contributed by atoms with E-state index in [1.807, 2.05) is 12.3 Å². The molecule has 2 heterocycles. The minimum atomic E-state index is 0.329. The van der Waals surface area contributed by atoms with Gasteiger partial charge in [0.25, 0.3) is 0 Å². The molecule has 1 aliphatic heterocycles. The Morgan fingerprint density at radius 2 is 2.16 bits per heavy atom. The van der Waals surface area contributed by atoms with Crippen LogP contribution in [0.1, 0.15) is 17.3 Å². The number of thioether (sulfide) groups is 1. The van der Waals surface area contributed by atoms with Crippen molar-refractivity contribution in [2.75, 3.05) is 12.3 Å². The van der Waals surface area contributed by atoms with Gasteiger partial charge in [0.2, 0.25) is 0 Å². The summed E-state index contributed by atoms with van der Waals surface area (Å²) in [6.07, 6.45) is 4.58. The first-order valence-corrected chi connectivity index (χ1v) is 7.36. The van der Waals surface area contributed by atoms with E-state index in [9.17, 15) is 0 Å². The van der Waals surface area contributed by atoms with Crippen molar-refractivity contribution in [1.82, 2.24) is 15.3 Å². The Balaban J connectivity index is 1.47. The van der Waals surface area contributed by atoms with Gasteiger partial charge in [0.1, 0.15) is 0 Å². The fourth-order valence-electron chi connectivity index (χ4n) is 2.06. The van der Waals surface area contributed by atoms with Gasteiger partial charge in [-0.3, -0.25) is 4.99 Å². The molecule has 1 unspecified atom stereocenters. The second-order valence-corrected chi connectivity index (χ2v) is 5.51. The van der Waals surface area contributed by atoms with Crippen LogP contribution in [-0.2, 0) is 6.42 Å². The van der Waals surface area contributed by atoms with Crippen LogP contribution in [0.3, 0.4) is 0 Å². The van der Waals surface area contributed by atoms with Crippen LogP contribution in [0.15, 0.2) is 47.8 Å². The minimum Gasteiger partial charge on any atom is -0.356 e. The minimum absolute atomic E-state index is 0.329. The van der Waals surface area contributed by atoms with E-state index in [4.69, 9.17) is 0 Å². The van der Waals surface area contributed by atoms with Crippen LogP contribution < -0.4 is 5.32 Å². The lowest BCUT2D eigenvalue weighted by molar-refractivity contribution is 0.712. The van der Waals surface area contributed by atoms with E-state index in [1.54, 1.807) is 18.1 Å². The first-order chi connectivity index (χ1) is 9.42. The Hall–Kier alpha value is -1.75. The van der Waals surface area contributed by atoms with Crippen LogP contribution in [-0.4, -0.2) is 27.4 Å². The zero-order valence-corrected chi connectivity index (χ0v) is 11.4. The van der Waals surface area contributed by atoms with Crippen molar-refractivity contribution >= 4 is 16.9 Å². The molecule has 3 rings (SSSR count). The van der Waals surface area contributed by atoms with E-state index < -0.39 is 0 Å². The molecule has 0 radical (unpaired) electrons. The molecule has 2 aromatic rings. The number of hydrogen-bond donors (Lipinski definition) is 2. The standard InChI is InChI=1S/C14H16N4S/c1-2-4-11(5-3-1)13-9-16-14(18-13)19-7-6-12-8-15-10-17-12/h1-5,8,10,13H,6-7,9H2,(H,15,17)(H,16,18). The number of aliphatic imine (C=N–C) groups is 1. The van der Waals surface area contributed by atoms with Gasteiger partial charge in [0.15, 0.2) is 5.17 Å². The summed E-state index contributed by atoms with van der Waals surface area (Å²) >= 11 is 1.77. The fourth-order valence-corrected chi connectivity index (χ4v) is 2.96. The molecular weight excluding hydrogens is 256 g/mol. The third kappa shape index (κ3) is 3.17. The zero-order chi connectivity index (χ0) is 12.9. The molecule has 0 saturated carbocycles. The molecule has 0 saturated heterocycles. The molecule has 1 aromatic carbocycles. The molecule has 0 aliphatic carbocycles. The Morgan fingerprint density at radius 1 is 1.26 bits per heavy atom. The number of aromatic nitrogens is 2. The van der Waals surface area contributed by atoms with E-state index in [0.29, 0.717) is 6.04 Å². The highest BCUT2D eigenvalue weighted by Crippen LogP contribution is 2.20. The maximum Gasteiger partial charge on any atom is 0.157 e. The molecule has 0 fully saturated rings. The SMILES string of the molecule is c1ccc(C2CN=C(SCCc3cnc[nH]3)N2)cc1. The Morgan fingerprint density at radius 3 is 2.95 bits per heavy atom. The lowest BCUT2D eigenvalue weighted by Gasteiger charge is -2.11. The van der Waals surface area contributed by atoms with Crippen molar-refractivity contribution in [2.24, 2.45) is 4.99 Å². The number of nitrogens with zero attached hydrogens (tertiary/aromatic N) is 2. The smallest absolute Gasteiger partial charge is 0.157 e. The Bertz CT molecular complexity index is 536. The maximum atomic E-state index is 4.56. The predicted octanol–water partition coefficient (Wildman–Crippen LogP) is 2.39. The van der Waals surface area contributed by atoms with Crippen molar-refractivity contribution in [3.05, 3.63) is 54.1 Å². The summed E-state index contributed by atoms with van der Waals surface area (Å²) in [4.78, 5) is 11.7. The number of hydrogen-bond acceptors (Lipinski definition) is 4. The summed E-state index contributed by atoms with van der Waals surface area (Å²) in [7, 11) is 0. The van der Waals surface area contributed by atoms with Gasteiger partial charge in [-0.05, 0) is 12.0 Å². The van der Waals surface area contributed by atoms with Crippen molar-refractivity contribution in [3.8, 4) is 0 Å². The third-order valence-electron chi connectivity index (χ3n) is 3.08. The van der Waals surface area contributed by atoms with Gasteiger partial charge in [-0.25, -0.2) is 4.98 Å². The monoisotopic (exact) mass is 272 g/mol. The van der Waals surface area contributed by atoms with Gasteiger partial charge < -0.3 is 10.3 Å². The third-order valence-corrected chi connectivity index (χ3v) is 4.01. The van der Waals surface area contributed by atoms with Crippen LogP contribution in [0.2, 0.25) is 0 Å². The molecule has 0 spiro atoms. The van der Waals surface area contributed by atoms with Crippen molar-refractivity contribution in [1.29, 1.82) is 0 Å². The Kier molecular flexibility index (Phi) is 3.83. The topological polar surface area (TPSA) is 53.1 Å². The first kappa shape index (κ1) is 12.3.